The Hall–Kier alpha value is -3.39. The number of hydrogen-bond donors (Lipinski definition) is 3. The van der Waals surface area contributed by atoms with Gasteiger partial charge in [-0.05, 0) is 49.4 Å². The number of carboxylic acid groups (broad SMARTS) is 1. The van der Waals surface area contributed by atoms with Gasteiger partial charge in [-0.2, -0.15) is 0 Å². The van der Waals surface area contributed by atoms with Gasteiger partial charge in [0.25, 0.3) is 5.91 Å². The fourth-order valence-corrected chi connectivity index (χ4v) is 4.56. The second kappa shape index (κ2) is 10.3. The number of amides is 2. The van der Waals surface area contributed by atoms with E-state index >= 15 is 0 Å². The average molecular weight is 465 g/mol. The van der Waals surface area contributed by atoms with Crippen molar-refractivity contribution >= 4 is 23.5 Å². The molecule has 2 heterocycles. The first kappa shape index (κ1) is 23.8. The van der Waals surface area contributed by atoms with E-state index in [0.29, 0.717) is 24.9 Å². The van der Waals surface area contributed by atoms with Crippen LogP contribution in [0.15, 0.2) is 48.5 Å². The van der Waals surface area contributed by atoms with E-state index in [0.717, 1.165) is 43.0 Å². The fraction of sp³-hybridized carbons (Fsp3) is 0.423. The molecule has 4 rings (SSSR count). The van der Waals surface area contributed by atoms with Gasteiger partial charge in [0.1, 0.15) is 5.54 Å². The van der Waals surface area contributed by atoms with Gasteiger partial charge in [-0.15, -0.1) is 0 Å². The Kier molecular flexibility index (Phi) is 7.17. The second-order valence-electron chi connectivity index (χ2n) is 9.23. The molecule has 3 N–H and O–H groups in total. The first-order valence-corrected chi connectivity index (χ1v) is 11.8. The molecule has 2 aromatic carbocycles. The maximum absolute atomic E-state index is 13.2. The molecule has 8 heteroatoms. The molecule has 0 saturated carbocycles. The summed E-state index contributed by atoms with van der Waals surface area (Å²) in [5, 5.41) is 15.8. The fourth-order valence-electron chi connectivity index (χ4n) is 4.56. The molecule has 34 heavy (non-hydrogen) atoms. The molecule has 8 nitrogen and oxygen atoms in total. The Morgan fingerprint density at radius 1 is 1.09 bits per heavy atom. The number of nitrogens with one attached hydrogen (secondary N) is 2. The lowest BCUT2D eigenvalue weighted by molar-refractivity contribution is -0.147. The van der Waals surface area contributed by atoms with Crippen LogP contribution in [0, 0.1) is 0 Å². The van der Waals surface area contributed by atoms with Crippen molar-refractivity contribution in [1.29, 1.82) is 0 Å². The van der Waals surface area contributed by atoms with Crippen molar-refractivity contribution in [2.45, 2.75) is 31.7 Å². The number of anilines is 1. The summed E-state index contributed by atoms with van der Waals surface area (Å²) in [7, 11) is 0. The number of aryl methyl sites for hydroxylation is 1. The van der Waals surface area contributed by atoms with Crippen molar-refractivity contribution in [3.63, 3.8) is 0 Å². The third-order valence-electron chi connectivity index (χ3n) is 6.72. The number of hydrogen-bond acceptors (Lipinski definition) is 5. The molecule has 180 valence electrons. The van der Waals surface area contributed by atoms with Crippen LogP contribution in [0.2, 0.25) is 0 Å². The second-order valence-corrected chi connectivity index (χ2v) is 9.23. The maximum Gasteiger partial charge on any atom is 0.329 e. The first-order chi connectivity index (χ1) is 16.4. The van der Waals surface area contributed by atoms with Crippen LogP contribution in [0.5, 0.6) is 0 Å². The predicted octanol–water partition coefficient (Wildman–Crippen LogP) is 1.69. The summed E-state index contributed by atoms with van der Waals surface area (Å²) in [5.74, 6) is -1.74. The molecule has 1 fully saturated rings. The third kappa shape index (κ3) is 5.39. The number of carboxylic acids is 1. The molecule has 2 aliphatic rings. The number of rotatable bonds is 8. The van der Waals surface area contributed by atoms with Gasteiger partial charge in [0, 0.05) is 44.0 Å². The molecule has 0 radical (unpaired) electrons. The van der Waals surface area contributed by atoms with Gasteiger partial charge in [-0.1, -0.05) is 36.4 Å². The highest BCUT2D eigenvalue weighted by atomic mass is 16.4. The number of aliphatic carboxylic acids is 1. The number of benzene rings is 2. The van der Waals surface area contributed by atoms with Gasteiger partial charge in [-0.25, -0.2) is 4.79 Å². The topological polar surface area (TPSA) is 102 Å². The van der Waals surface area contributed by atoms with Crippen LogP contribution in [-0.2, 0) is 22.4 Å². The smallest absolute Gasteiger partial charge is 0.329 e. The van der Waals surface area contributed by atoms with Gasteiger partial charge >= 0.3 is 5.97 Å². The molecule has 1 atom stereocenters. The minimum Gasteiger partial charge on any atom is -0.480 e. The summed E-state index contributed by atoms with van der Waals surface area (Å²) < 4.78 is 0. The largest absolute Gasteiger partial charge is 0.480 e. The van der Waals surface area contributed by atoms with Crippen LogP contribution in [0.1, 0.15) is 34.8 Å². The lowest BCUT2D eigenvalue weighted by atomic mass is 9.93. The van der Waals surface area contributed by atoms with Gasteiger partial charge in [0.15, 0.2) is 0 Å². The van der Waals surface area contributed by atoms with Crippen molar-refractivity contribution < 1.29 is 19.5 Å². The van der Waals surface area contributed by atoms with E-state index in [1.54, 1.807) is 0 Å². The normalized spacial score (nSPS) is 17.6. The zero-order chi connectivity index (χ0) is 24.1. The first-order valence-electron chi connectivity index (χ1n) is 11.8. The summed E-state index contributed by atoms with van der Waals surface area (Å²) in [5.41, 5.74) is 2.21. The predicted molar refractivity (Wildman–Crippen MR) is 130 cm³/mol. The molecule has 0 bridgehead atoms. The van der Waals surface area contributed by atoms with Crippen LogP contribution >= 0.6 is 0 Å². The van der Waals surface area contributed by atoms with Crippen LogP contribution < -0.4 is 15.5 Å². The van der Waals surface area contributed by atoms with Crippen molar-refractivity contribution in [2.24, 2.45) is 0 Å². The highest BCUT2D eigenvalue weighted by molar-refractivity contribution is 6.00. The Bertz CT molecular complexity index is 1050. The van der Waals surface area contributed by atoms with E-state index in [1.165, 1.54) is 11.8 Å². The summed E-state index contributed by atoms with van der Waals surface area (Å²) in [6.45, 7) is 5.37. The summed E-state index contributed by atoms with van der Waals surface area (Å²) in [6, 6.07) is 15.6. The number of fused-ring (bicyclic) bond motifs is 1. The quantitative estimate of drug-likeness (QED) is 0.550. The molecule has 2 aromatic rings. The number of carbonyl (C=O) groups is 3. The molecular formula is C26H32N4O4. The Labute approximate surface area is 199 Å². The minimum absolute atomic E-state index is 0.162. The lowest BCUT2D eigenvalue weighted by Gasteiger charge is -2.33. The zero-order valence-electron chi connectivity index (χ0n) is 19.5. The standard InChI is InChI=1S/C26H32N4O4/c1-26(25(33)34,11-9-19-5-3-2-4-6-19)28-23(31)18-30-14-10-20-7-8-21(17-22(20)24(30)32)29-15-12-27-13-16-29/h2-8,17,27H,9-16,18H2,1H3,(H,28,31)(H,33,34). The van der Waals surface area contributed by atoms with Crippen molar-refractivity contribution in [3.8, 4) is 0 Å². The molecule has 0 aliphatic carbocycles. The Balaban J connectivity index is 1.40. The summed E-state index contributed by atoms with van der Waals surface area (Å²) in [4.78, 5) is 41.8. The van der Waals surface area contributed by atoms with Crippen LogP contribution in [-0.4, -0.2) is 72.6 Å². The van der Waals surface area contributed by atoms with E-state index in [4.69, 9.17) is 0 Å². The molecule has 2 aliphatic heterocycles. The van der Waals surface area contributed by atoms with Crippen LogP contribution in [0.4, 0.5) is 5.69 Å². The molecular weight excluding hydrogens is 432 g/mol. The number of piperazine rings is 1. The highest BCUT2D eigenvalue weighted by Crippen LogP contribution is 2.25. The molecule has 1 saturated heterocycles. The van der Waals surface area contributed by atoms with E-state index < -0.39 is 17.4 Å². The summed E-state index contributed by atoms with van der Waals surface area (Å²) in [6.07, 6.45) is 1.44. The minimum atomic E-state index is -1.42. The molecule has 2 amide bonds. The maximum atomic E-state index is 13.2. The monoisotopic (exact) mass is 464 g/mol. The van der Waals surface area contributed by atoms with Gasteiger partial charge in [-0.3, -0.25) is 9.59 Å². The van der Waals surface area contributed by atoms with Crippen molar-refractivity contribution in [1.82, 2.24) is 15.5 Å². The zero-order valence-corrected chi connectivity index (χ0v) is 19.5. The lowest BCUT2D eigenvalue weighted by Crippen LogP contribution is -2.55. The van der Waals surface area contributed by atoms with Crippen LogP contribution in [0.3, 0.4) is 0 Å². The van der Waals surface area contributed by atoms with E-state index in [2.05, 4.69) is 21.6 Å². The average Bonchev–Trinajstić information content (AvgIpc) is 2.85. The van der Waals surface area contributed by atoms with Gasteiger partial charge < -0.3 is 25.5 Å². The van der Waals surface area contributed by atoms with Crippen molar-refractivity contribution in [2.75, 3.05) is 44.2 Å². The SMILES string of the molecule is CC(CCc1ccccc1)(NC(=O)CN1CCc2ccc(N3CCNCC3)cc2C1=O)C(=O)O. The van der Waals surface area contributed by atoms with E-state index in [1.807, 2.05) is 42.5 Å². The van der Waals surface area contributed by atoms with Crippen LogP contribution in [0.25, 0.3) is 0 Å². The molecule has 1 unspecified atom stereocenters. The Morgan fingerprint density at radius 3 is 2.53 bits per heavy atom. The van der Waals surface area contributed by atoms with Gasteiger partial charge in [0.05, 0.1) is 6.54 Å². The number of nitrogens with zero attached hydrogens (tertiary/aromatic N) is 2. The van der Waals surface area contributed by atoms with E-state index in [9.17, 15) is 19.5 Å². The molecule has 0 spiro atoms. The van der Waals surface area contributed by atoms with E-state index in [-0.39, 0.29) is 18.9 Å². The third-order valence-corrected chi connectivity index (χ3v) is 6.72. The van der Waals surface area contributed by atoms with Crippen molar-refractivity contribution in [3.05, 3.63) is 65.2 Å². The number of carbonyl (C=O) groups excluding carboxylic acids is 2. The van der Waals surface area contributed by atoms with Gasteiger partial charge in [0.2, 0.25) is 5.91 Å². The summed E-state index contributed by atoms with van der Waals surface area (Å²) >= 11 is 0. The highest BCUT2D eigenvalue weighted by Gasteiger charge is 2.36. The Morgan fingerprint density at radius 2 is 1.82 bits per heavy atom. The molecule has 0 aromatic heterocycles.